The number of aliphatic hydroxyl groups is 2. The van der Waals surface area contributed by atoms with Gasteiger partial charge in [-0.2, -0.15) is 0 Å². The lowest BCUT2D eigenvalue weighted by molar-refractivity contribution is -0.922. The van der Waals surface area contributed by atoms with Crippen LogP contribution >= 0.6 is 0 Å². The Balaban J connectivity index is 0.000000211. The summed E-state index contributed by atoms with van der Waals surface area (Å²) in [6.07, 6.45) is 13.2. The fourth-order valence-corrected chi connectivity index (χ4v) is 6.46. The second kappa shape index (κ2) is 11.1. The molecular formula is C25H47ClN2O2. The number of allylic oxidation sites excluding steroid dienone is 1. The van der Waals surface area contributed by atoms with E-state index in [1.165, 1.54) is 76.7 Å². The average molecular weight is 443 g/mol. The monoisotopic (exact) mass is 442 g/mol. The number of hydrogen-bond donors (Lipinski definition) is 3. The van der Waals surface area contributed by atoms with Gasteiger partial charge in [0.15, 0.2) is 0 Å². The van der Waals surface area contributed by atoms with Gasteiger partial charge in [-0.05, 0) is 78.3 Å². The largest absolute Gasteiger partial charge is 1.00 e. The van der Waals surface area contributed by atoms with E-state index >= 15 is 0 Å². The van der Waals surface area contributed by atoms with E-state index in [9.17, 15) is 10.2 Å². The molecule has 2 saturated carbocycles. The fourth-order valence-electron chi connectivity index (χ4n) is 6.46. The Labute approximate surface area is 191 Å². The van der Waals surface area contributed by atoms with Crippen LogP contribution in [-0.2, 0) is 0 Å². The summed E-state index contributed by atoms with van der Waals surface area (Å²) in [5.41, 5.74) is 0.438. The Bertz CT molecular complexity index is 539. The normalized spacial score (nSPS) is 40.4. The van der Waals surface area contributed by atoms with Crippen LogP contribution in [0.4, 0.5) is 0 Å². The molecule has 30 heavy (non-hydrogen) atoms. The highest BCUT2D eigenvalue weighted by Gasteiger charge is 2.45. The second-order valence-corrected chi connectivity index (χ2v) is 11.0. The van der Waals surface area contributed by atoms with Gasteiger partial charge in [-0.25, -0.2) is 0 Å². The standard InChI is InChI=1S/C14H25NO.C11H21NO.ClH/c1-11(2)12-6-7-14(3,16)13(10-12)15-8-4-5-9-15;1-11(13)7-3-2-6-10(11)12-8-4-5-9-12;/h12-13,16H,1,4-10H2,2-3H3;10,13H,2-9H2,1H3;1H/t12-,13+,14+;10-,11-;/m01./s1. The van der Waals surface area contributed by atoms with Gasteiger partial charge in [0.2, 0.25) is 0 Å². The molecule has 5 heteroatoms. The quantitative estimate of drug-likeness (QED) is 0.537. The summed E-state index contributed by atoms with van der Waals surface area (Å²) in [6.45, 7) is 15.2. The zero-order valence-electron chi connectivity index (χ0n) is 19.8. The number of quaternary nitrogens is 1. The molecule has 0 bridgehead atoms. The fraction of sp³-hybridized carbons (Fsp3) is 0.920. The van der Waals surface area contributed by atoms with Crippen LogP contribution in [0.15, 0.2) is 12.2 Å². The molecule has 0 aromatic rings. The van der Waals surface area contributed by atoms with Crippen LogP contribution in [0, 0.1) is 5.92 Å². The summed E-state index contributed by atoms with van der Waals surface area (Å²) in [4.78, 5) is 4.13. The van der Waals surface area contributed by atoms with Crippen molar-refractivity contribution in [1.82, 2.24) is 4.90 Å². The summed E-state index contributed by atoms with van der Waals surface area (Å²) in [7, 11) is 0. The molecule has 0 amide bonds. The molecule has 4 nitrogen and oxygen atoms in total. The lowest BCUT2D eigenvalue weighted by Gasteiger charge is -2.43. The number of likely N-dealkylation sites (tertiary alicyclic amines) is 2. The van der Waals surface area contributed by atoms with Crippen molar-refractivity contribution in [1.29, 1.82) is 0 Å². The van der Waals surface area contributed by atoms with Gasteiger partial charge in [-0.1, -0.05) is 25.0 Å². The van der Waals surface area contributed by atoms with E-state index in [1.54, 1.807) is 4.90 Å². The van der Waals surface area contributed by atoms with Crippen LogP contribution in [0.25, 0.3) is 0 Å². The molecule has 5 atom stereocenters. The zero-order valence-corrected chi connectivity index (χ0v) is 20.5. The first-order valence-corrected chi connectivity index (χ1v) is 12.4. The molecule has 0 aromatic heterocycles. The van der Waals surface area contributed by atoms with Gasteiger partial charge in [-0.3, -0.25) is 4.90 Å². The summed E-state index contributed by atoms with van der Waals surface area (Å²) >= 11 is 0. The molecule has 0 unspecified atom stereocenters. The lowest BCUT2D eigenvalue weighted by atomic mass is 9.73. The number of rotatable bonds is 3. The number of hydrogen-bond acceptors (Lipinski definition) is 3. The molecule has 0 spiro atoms. The van der Waals surface area contributed by atoms with Crippen LogP contribution in [0.5, 0.6) is 0 Å². The Morgan fingerprint density at radius 3 is 2.10 bits per heavy atom. The molecule has 4 fully saturated rings. The zero-order chi connectivity index (χ0) is 21.1. The molecule has 2 saturated heterocycles. The van der Waals surface area contributed by atoms with Crippen molar-refractivity contribution in [3.8, 4) is 0 Å². The van der Waals surface area contributed by atoms with E-state index in [2.05, 4.69) is 18.4 Å². The summed E-state index contributed by atoms with van der Waals surface area (Å²) in [5, 5.41) is 20.8. The van der Waals surface area contributed by atoms with Gasteiger partial charge >= 0.3 is 0 Å². The van der Waals surface area contributed by atoms with Crippen molar-refractivity contribution in [3.63, 3.8) is 0 Å². The van der Waals surface area contributed by atoms with Gasteiger partial charge in [0.1, 0.15) is 11.6 Å². The van der Waals surface area contributed by atoms with Gasteiger partial charge < -0.3 is 27.5 Å². The van der Waals surface area contributed by atoms with E-state index in [4.69, 9.17) is 0 Å². The molecule has 2 aliphatic carbocycles. The van der Waals surface area contributed by atoms with Gasteiger partial charge in [0.05, 0.1) is 18.7 Å². The Hall–Kier alpha value is -0.130. The third kappa shape index (κ3) is 6.45. The van der Waals surface area contributed by atoms with Crippen molar-refractivity contribution in [2.24, 2.45) is 5.92 Å². The highest BCUT2D eigenvalue weighted by Crippen LogP contribution is 2.35. The van der Waals surface area contributed by atoms with Crippen LogP contribution in [-0.4, -0.2) is 64.6 Å². The highest BCUT2D eigenvalue weighted by atomic mass is 35.5. The molecule has 2 aliphatic heterocycles. The summed E-state index contributed by atoms with van der Waals surface area (Å²) in [5.74, 6) is 0.637. The first-order valence-electron chi connectivity index (χ1n) is 12.4. The SMILES string of the molecule is C=C(C)[C@H]1CC[C@@](C)(O)[C@H]([NH+]2CCCC2)C1.C[C@@]1(O)CCCC[C@H]1N1CCCC1.[Cl-]. The lowest BCUT2D eigenvalue weighted by Crippen LogP contribution is -3.16. The van der Waals surface area contributed by atoms with Crippen molar-refractivity contribution >= 4 is 0 Å². The average Bonchev–Trinajstić information content (AvgIpc) is 3.35. The van der Waals surface area contributed by atoms with E-state index in [1.807, 2.05) is 13.8 Å². The predicted molar refractivity (Wildman–Crippen MR) is 120 cm³/mol. The molecule has 4 rings (SSSR count). The smallest absolute Gasteiger partial charge is 0.117 e. The maximum atomic E-state index is 10.5. The third-order valence-corrected chi connectivity index (χ3v) is 8.42. The number of halogens is 1. The maximum Gasteiger partial charge on any atom is 0.117 e. The van der Waals surface area contributed by atoms with E-state index in [0.717, 1.165) is 25.7 Å². The third-order valence-electron chi connectivity index (χ3n) is 8.42. The molecule has 3 N–H and O–H groups in total. The van der Waals surface area contributed by atoms with Crippen molar-refractivity contribution < 1.29 is 27.5 Å². The Morgan fingerprint density at radius 1 is 0.900 bits per heavy atom. The predicted octanol–water partition coefficient (Wildman–Crippen LogP) is -0.0593. The molecule has 176 valence electrons. The minimum absolute atomic E-state index is 0. The summed E-state index contributed by atoms with van der Waals surface area (Å²) < 4.78 is 0. The first kappa shape index (κ1) is 26.1. The van der Waals surface area contributed by atoms with Crippen LogP contribution in [0.3, 0.4) is 0 Å². The molecule has 4 aliphatic rings. The Kier molecular flexibility index (Phi) is 9.70. The van der Waals surface area contributed by atoms with Gasteiger partial charge in [0.25, 0.3) is 0 Å². The van der Waals surface area contributed by atoms with Crippen molar-refractivity contribution in [2.45, 2.75) is 115 Å². The van der Waals surface area contributed by atoms with Gasteiger partial charge in [0, 0.05) is 25.3 Å². The highest BCUT2D eigenvalue weighted by molar-refractivity contribution is 5.03. The number of nitrogens with zero attached hydrogens (tertiary/aromatic N) is 1. The van der Waals surface area contributed by atoms with Crippen LogP contribution < -0.4 is 17.3 Å². The molecular weight excluding hydrogens is 396 g/mol. The minimum Gasteiger partial charge on any atom is -1.00 e. The topological polar surface area (TPSA) is 48.1 Å². The maximum absolute atomic E-state index is 10.5. The van der Waals surface area contributed by atoms with Crippen LogP contribution in [0.1, 0.15) is 91.4 Å². The van der Waals surface area contributed by atoms with Crippen LogP contribution in [0.2, 0.25) is 0 Å². The minimum atomic E-state index is -0.453. The van der Waals surface area contributed by atoms with Crippen molar-refractivity contribution in [3.05, 3.63) is 12.2 Å². The van der Waals surface area contributed by atoms with Crippen molar-refractivity contribution in [2.75, 3.05) is 26.2 Å². The number of nitrogens with one attached hydrogen (secondary N) is 1. The van der Waals surface area contributed by atoms with Gasteiger partial charge in [-0.15, -0.1) is 0 Å². The van der Waals surface area contributed by atoms with E-state index < -0.39 is 11.2 Å². The molecule has 2 heterocycles. The molecule has 0 aromatic carbocycles. The first-order chi connectivity index (χ1) is 13.7. The summed E-state index contributed by atoms with van der Waals surface area (Å²) in [6, 6.07) is 0.884. The molecule has 0 radical (unpaired) electrons. The second-order valence-electron chi connectivity index (χ2n) is 11.0. The van der Waals surface area contributed by atoms with E-state index in [0.29, 0.717) is 18.0 Å². The van der Waals surface area contributed by atoms with E-state index in [-0.39, 0.29) is 12.4 Å². The Morgan fingerprint density at radius 2 is 1.53 bits per heavy atom.